The Kier molecular flexibility index (Phi) is 3.71. The predicted molar refractivity (Wildman–Crippen MR) is 80.8 cm³/mol. The molecule has 0 spiro atoms. The van der Waals surface area contributed by atoms with Crippen LogP contribution in [-0.4, -0.2) is 29.4 Å². The summed E-state index contributed by atoms with van der Waals surface area (Å²) in [5.74, 6) is 2.43. The van der Waals surface area contributed by atoms with Crippen molar-refractivity contribution >= 4 is 6.09 Å². The Morgan fingerprint density at radius 2 is 1.67 bits per heavy atom. The number of carbonyl (C=O) groups excluding carboxylic acids is 1. The predicted octanol–water partition coefficient (Wildman–Crippen LogP) is 3.09. The van der Waals surface area contributed by atoms with Gasteiger partial charge in [0.1, 0.15) is 5.60 Å². The quantitative estimate of drug-likeness (QED) is 0.841. The molecule has 21 heavy (non-hydrogen) atoms. The molecule has 0 heterocycles. The number of aliphatic hydroxyl groups excluding tert-OH is 1. The Bertz CT molecular complexity index is 377. The van der Waals surface area contributed by atoms with Crippen molar-refractivity contribution in [3.63, 3.8) is 0 Å². The molecule has 0 saturated heterocycles. The van der Waals surface area contributed by atoms with Crippen molar-refractivity contribution < 1.29 is 14.6 Å². The van der Waals surface area contributed by atoms with Crippen molar-refractivity contribution in [2.45, 2.75) is 70.9 Å². The molecule has 4 nitrogen and oxygen atoms in total. The van der Waals surface area contributed by atoms with E-state index in [1.807, 2.05) is 20.8 Å². The third-order valence-corrected chi connectivity index (χ3v) is 5.70. The Balaban J connectivity index is 1.70. The van der Waals surface area contributed by atoms with Gasteiger partial charge < -0.3 is 15.2 Å². The Morgan fingerprint density at radius 1 is 1.19 bits per heavy atom. The molecule has 4 heteroatoms. The highest BCUT2D eigenvalue weighted by molar-refractivity contribution is 5.68. The Labute approximate surface area is 127 Å². The number of alkyl carbamates (subject to hydrolysis) is 1. The SMILES string of the molecule is CC(C)(C)OC(=O)N[C@@H](CO)C12CC3CC(CC(C3)C1)C2. The summed E-state index contributed by atoms with van der Waals surface area (Å²) in [7, 11) is 0. The van der Waals surface area contributed by atoms with E-state index in [0.717, 1.165) is 17.8 Å². The van der Waals surface area contributed by atoms with Crippen molar-refractivity contribution in [2.75, 3.05) is 6.61 Å². The third-order valence-electron chi connectivity index (χ3n) is 5.70. The van der Waals surface area contributed by atoms with Gasteiger partial charge in [-0.2, -0.15) is 0 Å². The smallest absolute Gasteiger partial charge is 0.407 e. The lowest BCUT2D eigenvalue weighted by molar-refractivity contribution is -0.0829. The maximum Gasteiger partial charge on any atom is 0.407 e. The van der Waals surface area contributed by atoms with Crippen molar-refractivity contribution in [1.82, 2.24) is 5.32 Å². The number of hydrogen-bond donors (Lipinski definition) is 2. The van der Waals surface area contributed by atoms with Gasteiger partial charge in [-0.3, -0.25) is 0 Å². The van der Waals surface area contributed by atoms with E-state index in [9.17, 15) is 9.90 Å². The van der Waals surface area contributed by atoms with Gasteiger partial charge in [-0.15, -0.1) is 0 Å². The van der Waals surface area contributed by atoms with Gasteiger partial charge in [0.05, 0.1) is 12.6 Å². The van der Waals surface area contributed by atoms with Gasteiger partial charge in [0.15, 0.2) is 0 Å². The highest BCUT2D eigenvalue weighted by Gasteiger charge is 2.54. The number of nitrogens with one attached hydrogen (secondary N) is 1. The van der Waals surface area contributed by atoms with Crippen LogP contribution in [0.3, 0.4) is 0 Å². The fraction of sp³-hybridized carbons (Fsp3) is 0.941. The van der Waals surface area contributed by atoms with E-state index in [2.05, 4.69) is 5.32 Å². The van der Waals surface area contributed by atoms with E-state index in [1.54, 1.807) is 0 Å². The number of aliphatic hydroxyl groups is 1. The summed E-state index contributed by atoms with van der Waals surface area (Å²) in [6.45, 7) is 5.62. The molecule has 0 radical (unpaired) electrons. The Hall–Kier alpha value is -0.770. The highest BCUT2D eigenvalue weighted by atomic mass is 16.6. The third kappa shape index (κ3) is 3.05. The van der Waals surface area contributed by atoms with Crippen molar-refractivity contribution in [2.24, 2.45) is 23.2 Å². The normalized spacial score (nSPS) is 39.1. The first-order valence-corrected chi connectivity index (χ1v) is 8.40. The number of rotatable bonds is 3. The van der Waals surface area contributed by atoms with Crippen LogP contribution in [0.15, 0.2) is 0 Å². The van der Waals surface area contributed by atoms with E-state index >= 15 is 0 Å². The summed E-state index contributed by atoms with van der Waals surface area (Å²) < 4.78 is 5.37. The molecule has 120 valence electrons. The van der Waals surface area contributed by atoms with Crippen molar-refractivity contribution in [3.8, 4) is 0 Å². The molecule has 4 aliphatic carbocycles. The van der Waals surface area contributed by atoms with Crippen LogP contribution in [0.1, 0.15) is 59.3 Å². The molecule has 4 rings (SSSR count). The number of hydrogen-bond acceptors (Lipinski definition) is 3. The zero-order valence-electron chi connectivity index (χ0n) is 13.5. The molecule has 2 N–H and O–H groups in total. The second-order valence-electron chi connectivity index (χ2n) is 8.66. The molecule has 4 bridgehead atoms. The molecule has 4 aliphatic rings. The molecule has 1 atom stereocenters. The van der Waals surface area contributed by atoms with E-state index in [-0.39, 0.29) is 18.1 Å². The van der Waals surface area contributed by atoms with Crippen LogP contribution in [0.5, 0.6) is 0 Å². The maximum atomic E-state index is 12.1. The summed E-state index contributed by atoms with van der Waals surface area (Å²) in [6, 6.07) is -0.152. The Morgan fingerprint density at radius 3 is 2.05 bits per heavy atom. The lowest BCUT2D eigenvalue weighted by Crippen LogP contribution is -2.58. The monoisotopic (exact) mass is 295 g/mol. The van der Waals surface area contributed by atoms with Crippen LogP contribution in [0, 0.1) is 23.2 Å². The average Bonchev–Trinajstić information content (AvgIpc) is 2.31. The first kappa shape index (κ1) is 15.1. The van der Waals surface area contributed by atoms with Gasteiger partial charge in [0, 0.05) is 0 Å². The summed E-state index contributed by atoms with van der Waals surface area (Å²) in [4.78, 5) is 12.1. The molecule has 0 aromatic heterocycles. The second kappa shape index (κ2) is 5.15. The van der Waals surface area contributed by atoms with E-state index < -0.39 is 11.7 Å². The zero-order valence-corrected chi connectivity index (χ0v) is 13.5. The van der Waals surface area contributed by atoms with Gasteiger partial charge in [-0.05, 0) is 82.5 Å². The first-order valence-electron chi connectivity index (χ1n) is 8.40. The second-order valence-corrected chi connectivity index (χ2v) is 8.66. The lowest BCUT2D eigenvalue weighted by atomic mass is 9.48. The van der Waals surface area contributed by atoms with Gasteiger partial charge in [-0.25, -0.2) is 4.79 Å². The summed E-state index contributed by atoms with van der Waals surface area (Å²) in [5.41, 5.74) is -0.383. The minimum absolute atomic E-state index is 0.0192. The maximum absolute atomic E-state index is 12.1. The van der Waals surface area contributed by atoms with Gasteiger partial charge in [0.25, 0.3) is 0 Å². The molecule has 4 saturated carbocycles. The first-order chi connectivity index (χ1) is 9.79. The average molecular weight is 295 g/mol. The fourth-order valence-electron chi connectivity index (χ4n) is 5.45. The minimum atomic E-state index is -0.494. The van der Waals surface area contributed by atoms with Crippen LogP contribution < -0.4 is 5.32 Å². The summed E-state index contributed by atoms with van der Waals surface area (Å²) >= 11 is 0. The molecule has 0 aromatic carbocycles. The van der Waals surface area contributed by atoms with Crippen molar-refractivity contribution in [3.05, 3.63) is 0 Å². The number of ether oxygens (including phenoxy) is 1. The fourth-order valence-corrected chi connectivity index (χ4v) is 5.45. The van der Waals surface area contributed by atoms with Crippen molar-refractivity contribution in [1.29, 1.82) is 0 Å². The summed E-state index contributed by atoms with van der Waals surface area (Å²) in [5, 5.41) is 12.8. The van der Waals surface area contributed by atoms with Gasteiger partial charge in [-0.1, -0.05) is 0 Å². The molecule has 1 amide bonds. The van der Waals surface area contributed by atoms with E-state index in [0.29, 0.717) is 0 Å². The van der Waals surface area contributed by atoms with Crippen LogP contribution in [-0.2, 0) is 4.74 Å². The largest absolute Gasteiger partial charge is 0.444 e. The zero-order chi connectivity index (χ0) is 15.3. The standard InChI is InChI=1S/C17H29NO3/c1-16(2,3)21-15(20)18-14(10-19)17-7-11-4-12(8-17)6-13(5-11)9-17/h11-14,19H,4-10H2,1-3H3,(H,18,20)/t11?,12?,13?,14-,17?/m0/s1. The molecule has 4 fully saturated rings. The van der Waals surface area contributed by atoms with Crippen LogP contribution >= 0.6 is 0 Å². The van der Waals surface area contributed by atoms with Crippen LogP contribution in [0.25, 0.3) is 0 Å². The van der Waals surface area contributed by atoms with E-state index in [4.69, 9.17) is 4.74 Å². The molecular formula is C17H29NO3. The number of amides is 1. The van der Waals surface area contributed by atoms with Crippen LogP contribution in [0.2, 0.25) is 0 Å². The molecule has 0 unspecified atom stereocenters. The molecule has 0 aromatic rings. The van der Waals surface area contributed by atoms with Gasteiger partial charge in [0.2, 0.25) is 0 Å². The lowest BCUT2D eigenvalue weighted by Gasteiger charge is -2.59. The highest BCUT2D eigenvalue weighted by Crippen LogP contribution is 2.61. The minimum Gasteiger partial charge on any atom is -0.444 e. The topological polar surface area (TPSA) is 58.6 Å². The van der Waals surface area contributed by atoms with E-state index in [1.165, 1.54) is 38.5 Å². The molecular weight excluding hydrogens is 266 g/mol. The number of carbonyl (C=O) groups is 1. The summed E-state index contributed by atoms with van der Waals surface area (Å²) in [6.07, 6.45) is 7.20. The van der Waals surface area contributed by atoms with Crippen LogP contribution in [0.4, 0.5) is 4.79 Å². The van der Waals surface area contributed by atoms with Gasteiger partial charge >= 0.3 is 6.09 Å². The molecule has 0 aliphatic heterocycles.